The van der Waals surface area contributed by atoms with Crippen molar-refractivity contribution in [2.24, 2.45) is 0 Å². The van der Waals surface area contributed by atoms with Crippen molar-refractivity contribution in [3.63, 3.8) is 0 Å². The monoisotopic (exact) mass is 334 g/mol. The lowest BCUT2D eigenvalue weighted by atomic mass is 10.2. The second-order valence-corrected chi connectivity index (χ2v) is 6.12. The van der Waals surface area contributed by atoms with Gasteiger partial charge in [0.15, 0.2) is 0 Å². The molecular weight excluding hydrogens is 312 g/mol. The summed E-state index contributed by atoms with van der Waals surface area (Å²) >= 11 is 0. The lowest BCUT2D eigenvalue weighted by molar-refractivity contribution is -0.117. The van der Waals surface area contributed by atoms with Crippen LogP contribution >= 0.6 is 0 Å². The molecule has 1 aromatic heterocycles. The summed E-state index contributed by atoms with van der Waals surface area (Å²) in [7, 11) is 1.94. The maximum Gasteiger partial charge on any atom is 0.239 e. The van der Waals surface area contributed by atoms with Crippen molar-refractivity contribution in [3.05, 3.63) is 78.0 Å². The Morgan fingerprint density at radius 2 is 1.72 bits per heavy atom. The number of nitrogens with zero attached hydrogens (tertiary/aromatic N) is 3. The van der Waals surface area contributed by atoms with E-state index < -0.39 is 0 Å². The van der Waals surface area contributed by atoms with Crippen LogP contribution in [0.4, 0.5) is 5.82 Å². The van der Waals surface area contributed by atoms with Gasteiger partial charge in [0.2, 0.25) is 5.91 Å². The van der Waals surface area contributed by atoms with Crippen LogP contribution in [-0.4, -0.2) is 34.2 Å². The van der Waals surface area contributed by atoms with Crippen molar-refractivity contribution in [3.8, 4) is 5.69 Å². The van der Waals surface area contributed by atoms with Crippen LogP contribution in [0.1, 0.15) is 11.3 Å². The highest BCUT2D eigenvalue weighted by Crippen LogP contribution is 2.16. The van der Waals surface area contributed by atoms with Gasteiger partial charge in [0.1, 0.15) is 5.82 Å². The molecule has 2 aromatic carbocycles. The third-order valence-corrected chi connectivity index (χ3v) is 3.81. The second kappa shape index (κ2) is 7.77. The summed E-state index contributed by atoms with van der Waals surface area (Å²) in [5.41, 5.74) is 2.96. The van der Waals surface area contributed by atoms with E-state index in [-0.39, 0.29) is 5.91 Å². The lowest BCUT2D eigenvalue weighted by Gasteiger charge is -2.16. The summed E-state index contributed by atoms with van der Waals surface area (Å²) in [4.78, 5) is 14.4. The second-order valence-electron chi connectivity index (χ2n) is 6.12. The Morgan fingerprint density at radius 1 is 1.08 bits per heavy atom. The predicted octanol–water partition coefficient (Wildman–Crippen LogP) is 3.25. The Kier molecular flexibility index (Phi) is 5.26. The van der Waals surface area contributed by atoms with Crippen LogP contribution in [0, 0.1) is 6.92 Å². The number of anilines is 1. The highest BCUT2D eigenvalue weighted by Gasteiger charge is 2.12. The van der Waals surface area contributed by atoms with Crippen LogP contribution in [0.5, 0.6) is 0 Å². The molecule has 0 spiro atoms. The van der Waals surface area contributed by atoms with Gasteiger partial charge < -0.3 is 5.32 Å². The van der Waals surface area contributed by atoms with Crippen LogP contribution < -0.4 is 5.32 Å². The van der Waals surface area contributed by atoms with Gasteiger partial charge in [-0.05, 0) is 31.7 Å². The van der Waals surface area contributed by atoms with E-state index in [4.69, 9.17) is 0 Å². The number of nitrogens with one attached hydrogen (secondary N) is 1. The molecule has 0 saturated heterocycles. The number of carbonyl (C=O) groups is 1. The van der Waals surface area contributed by atoms with Crippen LogP contribution in [-0.2, 0) is 11.3 Å². The number of para-hydroxylation sites is 1. The van der Waals surface area contributed by atoms with E-state index in [0.29, 0.717) is 12.4 Å². The maximum absolute atomic E-state index is 12.4. The number of rotatable bonds is 6. The minimum absolute atomic E-state index is 0.0597. The lowest BCUT2D eigenvalue weighted by Crippen LogP contribution is -2.30. The fourth-order valence-electron chi connectivity index (χ4n) is 2.73. The number of aromatic nitrogens is 2. The summed E-state index contributed by atoms with van der Waals surface area (Å²) in [6, 6.07) is 21.8. The fourth-order valence-corrected chi connectivity index (χ4v) is 2.73. The molecule has 0 aliphatic carbocycles. The van der Waals surface area contributed by atoms with Crippen LogP contribution in [0.25, 0.3) is 5.69 Å². The molecular formula is C20H22N4O. The maximum atomic E-state index is 12.4. The minimum atomic E-state index is -0.0597. The molecule has 25 heavy (non-hydrogen) atoms. The summed E-state index contributed by atoms with van der Waals surface area (Å²) in [5, 5.41) is 7.44. The SMILES string of the molecule is Cc1cc(NC(=O)CN(C)Cc2ccccc2)n(-c2ccccc2)n1. The first-order valence-electron chi connectivity index (χ1n) is 8.26. The highest BCUT2D eigenvalue weighted by molar-refractivity contribution is 5.91. The molecule has 0 fully saturated rings. The van der Waals surface area contributed by atoms with Crippen molar-refractivity contribution in [2.45, 2.75) is 13.5 Å². The normalized spacial score (nSPS) is 10.8. The standard InChI is InChI=1S/C20H22N4O/c1-16-13-19(24(22-16)18-11-7-4-8-12-18)21-20(25)15-23(2)14-17-9-5-3-6-10-17/h3-13H,14-15H2,1-2H3,(H,21,25). The number of benzene rings is 2. The molecule has 0 atom stereocenters. The first-order valence-corrected chi connectivity index (χ1v) is 8.26. The van der Waals surface area contributed by atoms with E-state index in [9.17, 15) is 4.79 Å². The van der Waals surface area contributed by atoms with Gasteiger partial charge in [0, 0.05) is 12.6 Å². The van der Waals surface area contributed by atoms with E-state index >= 15 is 0 Å². The number of likely N-dealkylation sites (N-methyl/N-ethyl adjacent to an activating group) is 1. The van der Waals surface area contributed by atoms with Gasteiger partial charge in [-0.1, -0.05) is 48.5 Å². The summed E-state index contributed by atoms with van der Waals surface area (Å²) in [6.07, 6.45) is 0. The number of aryl methyl sites for hydroxylation is 1. The smallest absolute Gasteiger partial charge is 0.239 e. The molecule has 0 unspecified atom stereocenters. The summed E-state index contributed by atoms with van der Waals surface area (Å²) in [6.45, 7) is 2.95. The largest absolute Gasteiger partial charge is 0.309 e. The Balaban J connectivity index is 1.65. The molecule has 0 aliphatic rings. The van der Waals surface area contributed by atoms with Gasteiger partial charge in [0.25, 0.3) is 0 Å². The fraction of sp³-hybridized carbons (Fsp3) is 0.200. The van der Waals surface area contributed by atoms with Crippen LogP contribution in [0.3, 0.4) is 0 Å². The van der Waals surface area contributed by atoms with Crippen molar-refractivity contribution in [2.75, 3.05) is 18.9 Å². The van der Waals surface area contributed by atoms with E-state index in [1.807, 2.05) is 73.5 Å². The zero-order valence-electron chi connectivity index (χ0n) is 14.5. The Morgan fingerprint density at radius 3 is 2.40 bits per heavy atom. The Labute approximate surface area is 147 Å². The van der Waals surface area contributed by atoms with Crippen molar-refractivity contribution in [1.29, 1.82) is 0 Å². The number of hydrogen-bond donors (Lipinski definition) is 1. The Bertz CT molecular complexity index is 827. The quantitative estimate of drug-likeness (QED) is 0.753. The number of amides is 1. The molecule has 0 aliphatic heterocycles. The molecule has 128 valence electrons. The Hall–Kier alpha value is -2.92. The number of carbonyl (C=O) groups excluding carboxylic acids is 1. The van der Waals surface area contributed by atoms with Gasteiger partial charge in [-0.25, -0.2) is 4.68 Å². The van der Waals surface area contributed by atoms with Crippen LogP contribution in [0.15, 0.2) is 66.7 Å². The molecule has 5 nitrogen and oxygen atoms in total. The van der Waals surface area contributed by atoms with E-state index in [1.165, 1.54) is 5.56 Å². The van der Waals surface area contributed by atoms with Gasteiger partial charge >= 0.3 is 0 Å². The molecule has 1 heterocycles. The third kappa shape index (κ3) is 4.55. The summed E-state index contributed by atoms with van der Waals surface area (Å²) in [5.74, 6) is 0.623. The first-order chi connectivity index (χ1) is 12.1. The van der Waals surface area contributed by atoms with Gasteiger partial charge in [0.05, 0.1) is 17.9 Å². The minimum Gasteiger partial charge on any atom is -0.309 e. The van der Waals surface area contributed by atoms with E-state index in [1.54, 1.807) is 4.68 Å². The zero-order valence-corrected chi connectivity index (χ0v) is 14.5. The average Bonchev–Trinajstić information content (AvgIpc) is 2.96. The van der Waals surface area contributed by atoms with Gasteiger partial charge in [-0.3, -0.25) is 9.69 Å². The molecule has 3 rings (SSSR count). The topological polar surface area (TPSA) is 50.2 Å². The van der Waals surface area contributed by atoms with Gasteiger partial charge in [-0.2, -0.15) is 5.10 Å². The van der Waals surface area contributed by atoms with Crippen LogP contribution in [0.2, 0.25) is 0 Å². The third-order valence-electron chi connectivity index (χ3n) is 3.81. The number of hydrogen-bond acceptors (Lipinski definition) is 3. The molecule has 0 bridgehead atoms. The van der Waals surface area contributed by atoms with Crippen molar-refractivity contribution >= 4 is 11.7 Å². The van der Waals surface area contributed by atoms with Crippen molar-refractivity contribution < 1.29 is 4.79 Å². The van der Waals surface area contributed by atoms with Crippen molar-refractivity contribution in [1.82, 2.24) is 14.7 Å². The molecule has 1 amide bonds. The molecule has 0 saturated carbocycles. The predicted molar refractivity (Wildman–Crippen MR) is 99.7 cm³/mol. The summed E-state index contributed by atoms with van der Waals surface area (Å²) < 4.78 is 1.75. The van der Waals surface area contributed by atoms with E-state index in [0.717, 1.165) is 17.9 Å². The highest BCUT2D eigenvalue weighted by atomic mass is 16.2. The van der Waals surface area contributed by atoms with E-state index in [2.05, 4.69) is 22.5 Å². The first kappa shape index (κ1) is 16.9. The molecule has 1 N–H and O–H groups in total. The molecule has 0 radical (unpaired) electrons. The molecule has 5 heteroatoms. The average molecular weight is 334 g/mol. The zero-order chi connectivity index (χ0) is 17.6. The van der Waals surface area contributed by atoms with Gasteiger partial charge in [-0.15, -0.1) is 0 Å². The molecule has 3 aromatic rings.